The van der Waals surface area contributed by atoms with E-state index in [4.69, 9.17) is 4.74 Å². The minimum absolute atomic E-state index is 0.0136. The van der Waals surface area contributed by atoms with Gasteiger partial charge in [0.15, 0.2) is 23.4 Å². The van der Waals surface area contributed by atoms with Crippen molar-refractivity contribution in [2.75, 3.05) is 19.7 Å². The molecule has 0 bridgehead atoms. The Bertz CT molecular complexity index is 731. The fraction of sp³-hybridized carbons (Fsp3) is 0.438. The number of ether oxygens (including phenoxy) is 1. The first-order valence-corrected chi connectivity index (χ1v) is 7.96. The van der Waals surface area contributed by atoms with Gasteiger partial charge in [0.25, 0.3) is 0 Å². The van der Waals surface area contributed by atoms with Gasteiger partial charge in [0, 0.05) is 19.7 Å². The Hall–Kier alpha value is -2.71. The number of hydrogen-bond acceptors (Lipinski definition) is 4. The Labute approximate surface area is 145 Å². The van der Waals surface area contributed by atoms with E-state index in [2.05, 4.69) is 25.8 Å². The maximum atomic E-state index is 13.5. The standard InChI is InChI=1S/C16H22F2N6O/c1-4-19-16(21-10-15-23-22-11(2)24(15)3)20-7-8-25-14-6-5-12(17)9-13(14)18/h5-6,9H,4,7-8,10H2,1-3H3,(H2,19,20,21). The average molecular weight is 352 g/mol. The first kappa shape index (κ1) is 18.6. The van der Waals surface area contributed by atoms with Crippen LogP contribution >= 0.6 is 0 Å². The second kappa shape index (κ2) is 8.95. The van der Waals surface area contributed by atoms with E-state index in [1.807, 2.05) is 25.5 Å². The van der Waals surface area contributed by atoms with Crippen molar-refractivity contribution in [3.8, 4) is 5.75 Å². The van der Waals surface area contributed by atoms with Crippen molar-refractivity contribution >= 4 is 5.96 Å². The highest BCUT2D eigenvalue weighted by molar-refractivity contribution is 5.79. The molecule has 1 heterocycles. The van der Waals surface area contributed by atoms with E-state index in [9.17, 15) is 8.78 Å². The van der Waals surface area contributed by atoms with E-state index in [-0.39, 0.29) is 12.4 Å². The molecule has 136 valence electrons. The van der Waals surface area contributed by atoms with Gasteiger partial charge < -0.3 is 19.9 Å². The first-order valence-electron chi connectivity index (χ1n) is 7.96. The zero-order valence-corrected chi connectivity index (χ0v) is 14.5. The van der Waals surface area contributed by atoms with Gasteiger partial charge in [-0.05, 0) is 26.0 Å². The molecule has 1 aromatic heterocycles. The third kappa shape index (κ3) is 5.40. The summed E-state index contributed by atoms with van der Waals surface area (Å²) in [6, 6.07) is 3.21. The molecular weight excluding hydrogens is 330 g/mol. The number of nitrogens with zero attached hydrogens (tertiary/aromatic N) is 4. The van der Waals surface area contributed by atoms with E-state index in [1.165, 1.54) is 6.07 Å². The number of aromatic nitrogens is 3. The molecule has 1 aromatic carbocycles. The van der Waals surface area contributed by atoms with E-state index in [0.717, 1.165) is 23.8 Å². The molecule has 25 heavy (non-hydrogen) atoms. The van der Waals surface area contributed by atoms with E-state index >= 15 is 0 Å². The van der Waals surface area contributed by atoms with Crippen molar-refractivity contribution in [3.63, 3.8) is 0 Å². The number of aryl methyl sites for hydroxylation is 1. The molecule has 2 aromatic rings. The summed E-state index contributed by atoms with van der Waals surface area (Å²) in [5.41, 5.74) is 0. The van der Waals surface area contributed by atoms with Gasteiger partial charge in [-0.25, -0.2) is 13.8 Å². The Balaban J connectivity index is 1.84. The second-order valence-corrected chi connectivity index (χ2v) is 5.27. The molecule has 0 saturated heterocycles. The summed E-state index contributed by atoms with van der Waals surface area (Å²) in [6.07, 6.45) is 0. The number of nitrogens with one attached hydrogen (secondary N) is 2. The summed E-state index contributed by atoms with van der Waals surface area (Å²) in [5, 5.41) is 14.2. The van der Waals surface area contributed by atoms with Crippen molar-refractivity contribution in [1.29, 1.82) is 0 Å². The van der Waals surface area contributed by atoms with E-state index in [0.29, 0.717) is 25.6 Å². The van der Waals surface area contributed by atoms with Crippen molar-refractivity contribution in [1.82, 2.24) is 25.4 Å². The molecule has 0 aliphatic rings. The van der Waals surface area contributed by atoms with E-state index < -0.39 is 11.6 Å². The number of hydrogen-bond donors (Lipinski definition) is 2. The molecule has 0 radical (unpaired) electrons. The number of benzene rings is 1. The van der Waals surface area contributed by atoms with Crippen LogP contribution in [0, 0.1) is 18.6 Å². The molecule has 0 amide bonds. The van der Waals surface area contributed by atoms with Crippen molar-refractivity contribution in [3.05, 3.63) is 41.5 Å². The second-order valence-electron chi connectivity index (χ2n) is 5.27. The summed E-state index contributed by atoms with van der Waals surface area (Å²) in [7, 11) is 1.88. The van der Waals surface area contributed by atoms with Gasteiger partial charge in [-0.2, -0.15) is 0 Å². The van der Waals surface area contributed by atoms with Crippen LogP contribution in [0.1, 0.15) is 18.6 Å². The molecular formula is C16H22F2N6O. The number of rotatable bonds is 7. The third-order valence-electron chi connectivity index (χ3n) is 3.45. The van der Waals surface area contributed by atoms with Gasteiger partial charge in [0.2, 0.25) is 0 Å². The van der Waals surface area contributed by atoms with Gasteiger partial charge in [-0.15, -0.1) is 10.2 Å². The number of guanidine groups is 1. The molecule has 0 saturated carbocycles. The summed E-state index contributed by atoms with van der Waals surface area (Å²) in [6.45, 7) is 5.50. The van der Waals surface area contributed by atoms with Crippen molar-refractivity contribution in [2.45, 2.75) is 20.4 Å². The van der Waals surface area contributed by atoms with Crippen molar-refractivity contribution < 1.29 is 13.5 Å². The Morgan fingerprint density at radius 3 is 2.72 bits per heavy atom. The lowest BCUT2D eigenvalue weighted by Crippen LogP contribution is -2.39. The van der Waals surface area contributed by atoms with Crippen LogP contribution < -0.4 is 15.4 Å². The summed E-state index contributed by atoms with van der Waals surface area (Å²) < 4.78 is 33.5. The number of halogens is 2. The third-order valence-corrected chi connectivity index (χ3v) is 3.45. The summed E-state index contributed by atoms with van der Waals surface area (Å²) in [4.78, 5) is 4.42. The first-order chi connectivity index (χ1) is 12.0. The van der Waals surface area contributed by atoms with Gasteiger partial charge in [-0.3, -0.25) is 0 Å². The van der Waals surface area contributed by atoms with Gasteiger partial charge in [0.1, 0.15) is 24.8 Å². The maximum Gasteiger partial charge on any atom is 0.191 e. The smallest absolute Gasteiger partial charge is 0.191 e. The average Bonchev–Trinajstić information content (AvgIpc) is 2.90. The summed E-state index contributed by atoms with van der Waals surface area (Å²) in [5.74, 6) is 0.810. The van der Waals surface area contributed by atoms with Gasteiger partial charge >= 0.3 is 0 Å². The molecule has 0 aliphatic heterocycles. The lowest BCUT2D eigenvalue weighted by atomic mass is 10.3. The predicted octanol–water partition coefficient (Wildman–Crippen LogP) is 1.54. The molecule has 9 heteroatoms. The monoisotopic (exact) mass is 352 g/mol. The molecule has 2 rings (SSSR count). The Morgan fingerprint density at radius 2 is 2.08 bits per heavy atom. The van der Waals surface area contributed by atoms with Crippen LogP contribution in [-0.2, 0) is 13.6 Å². The van der Waals surface area contributed by atoms with Gasteiger partial charge in [-0.1, -0.05) is 0 Å². The van der Waals surface area contributed by atoms with Crippen LogP contribution in [0.2, 0.25) is 0 Å². The molecule has 2 N–H and O–H groups in total. The van der Waals surface area contributed by atoms with Crippen LogP contribution in [0.15, 0.2) is 23.2 Å². The SMILES string of the molecule is CCNC(=NCc1nnc(C)n1C)NCCOc1ccc(F)cc1F. The van der Waals surface area contributed by atoms with Crippen molar-refractivity contribution in [2.24, 2.45) is 12.0 Å². The zero-order valence-electron chi connectivity index (χ0n) is 14.5. The molecule has 0 unspecified atom stereocenters. The van der Waals surface area contributed by atoms with Crippen LogP contribution in [0.4, 0.5) is 8.78 Å². The van der Waals surface area contributed by atoms with Crippen LogP contribution in [0.3, 0.4) is 0 Å². The Morgan fingerprint density at radius 1 is 1.28 bits per heavy atom. The molecule has 0 atom stereocenters. The molecule has 0 fully saturated rings. The largest absolute Gasteiger partial charge is 0.489 e. The lowest BCUT2D eigenvalue weighted by molar-refractivity contribution is 0.304. The maximum absolute atomic E-state index is 13.5. The highest BCUT2D eigenvalue weighted by Gasteiger charge is 2.06. The highest BCUT2D eigenvalue weighted by Crippen LogP contribution is 2.17. The lowest BCUT2D eigenvalue weighted by Gasteiger charge is -2.12. The topological polar surface area (TPSA) is 76.4 Å². The normalized spacial score (nSPS) is 11.5. The van der Waals surface area contributed by atoms with Crippen LogP contribution in [0.5, 0.6) is 5.75 Å². The minimum atomic E-state index is -0.724. The zero-order chi connectivity index (χ0) is 18.2. The number of aliphatic imine (C=N–C) groups is 1. The van der Waals surface area contributed by atoms with E-state index in [1.54, 1.807) is 0 Å². The fourth-order valence-electron chi connectivity index (χ4n) is 2.00. The molecule has 0 aliphatic carbocycles. The van der Waals surface area contributed by atoms with Crippen LogP contribution in [0.25, 0.3) is 0 Å². The highest BCUT2D eigenvalue weighted by atomic mass is 19.1. The Kier molecular flexibility index (Phi) is 6.67. The molecule has 0 spiro atoms. The molecule has 7 nitrogen and oxygen atoms in total. The van der Waals surface area contributed by atoms with Crippen LogP contribution in [-0.4, -0.2) is 40.4 Å². The fourth-order valence-corrected chi connectivity index (χ4v) is 2.00. The summed E-state index contributed by atoms with van der Waals surface area (Å²) >= 11 is 0. The van der Waals surface area contributed by atoms with Gasteiger partial charge in [0.05, 0.1) is 6.54 Å². The quantitative estimate of drug-likeness (QED) is 0.449. The predicted molar refractivity (Wildman–Crippen MR) is 90.4 cm³/mol. The minimum Gasteiger partial charge on any atom is -0.489 e.